The van der Waals surface area contributed by atoms with Gasteiger partial charge in [0, 0.05) is 20.0 Å². The second kappa shape index (κ2) is 11.0. The highest BCUT2D eigenvalue weighted by Gasteiger charge is 2.40. The third-order valence-corrected chi connectivity index (χ3v) is 5.19. The molecule has 1 aromatic rings. The molecule has 0 bridgehead atoms. The summed E-state index contributed by atoms with van der Waals surface area (Å²) in [6.07, 6.45) is 0.873. The lowest BCUT2D eigenvalue weighted by molar-refractivity contribution is -0.144. The Hall–Kier alpha value is -3.10. The van der Waals surface area contributed by atoms with Gasteiger partial charge in [-0.2, -0.15) is 0 Å². The van der Waals surface area contributed by atoms with Crippen molar-refractivity contribution in [3.8, 4) is 0 Å². The molecule has 0 unspecified atom stereocenters. The highest BCUT2D eigenvalue weighted by Crippen LogP contribution is 2.23. The van der Waals surface area contributed by atoms with Gasteiger partial charge in [0.15, 0.2) is 0 Å². The maximum absolute atomic E-state index is 13.4. The lowest BCUT2D eigenvalue weighted by Crippen LogP contribution is -2.55. The summed E-state index contributed by atoms with van der Waals surface area (Å²) in [5.41, 5.74) is 0.184. The van der Waals surface area contributed by atoms with E-state index in [-0.39, 0.29) is 18.9 Å². The second-order valence-electron chi connectivity index (χ2n) is 8.78. The predicted octanol–water partition coefficient (Wildman–Crippen LogP) is 1.74. The monoisotopic (exact) mass is 447 g/mol. The van der Waals surface area contributed by atoms with Crippen molar-refractivity contribution < 1.29 is 28.7 Å². The summed E-state index contributed by atoms with van der Waals surface area (Å²) < 4.78 is 10.0. The molecule has 1 aromatic carbocycles. The third-order valence-electron chi connectivity index (χ3n) is 5.19. The van der Waals surface area contributed by atoms with Gasteiger partial charge in [-0.05, 0) is 39.2 Å². The summed E-state index contributed by atoms with van der Waals surface area (Å²) in [6.45, 7) is 5.43. The van der Waals surface area contributed by atoms with E-state index in [0.717, 1.165) is 5.56 Å². The smallest absolute Gasteiger partial charge is 0.410 e. The number of nitrogens with one attached hydrogen (secondary N) is 1. The SMILES string of the molecule is COC(=O)CNC(=O)[C@H](Cc1ccccc1)N(C)C(=O)[C@@H]1CCCN1C(=O)OC(C)(C)C. The van der Waals surface area contributed by atoms with Crippen LogP contribution in [0.2, 0.25) is 0 Å². The molecule has 0 aromatic heterocycles. The fourth-order valence-electron chi connectivity index (χ4n) is 3.54. The molecule has 1 aliphatic rings. The molecule has 1 heterocycles. The molecule has 1 saturated heterocycles. The lowest BCUT2D eigenvalue weighted by atomic mass is 10.0. The molecular weight excluding hydrogens is 414 g/mol. The molecule has 0 radical (unpaired) electrons. The minimum absolute atomic E-state index is 0.259. The van der Waals surface area contributed by atoms with Crippen LogP contribution in [0.3, 0.4) is 0 Å². The number of nitrogens with zero attached hydrogens (tertiary/aromatic N) is 2. The van der Waals surface area contributed by atoms with Gasteiger partial charge in [-0.15, -0.1) is 0 Å². The van der Waals surface area contributed by atoms with Gasteiger partial charge < -0.3 is 19.7 Å². The summed E-state index contributed by atoms with van der Waals surface area (Å²) in [5.74, 6) is -1.41. The number of benzene rings is 1. The minimum atomic E-state index is -0.865. The van der Waals surface area contributed by atoms with Gasteiger partial charge in [0.2, 0.25) is 11.8 Å². The van der Waals surface area contributed by atoms with Crippen LogP contribution in [-0.4, -0.2) is 78.6 Å². The van der Waals surface area contributed by atoms with Crippen LogP contribution in [0.1, 0.15) is 39.2 Å². The quantitative estimate of drug-likeness (QED) is 0.639. The number of amides is 3. The number of hydrogen-bond acceptors (Lipinski definition) is 6. The van der Waals surface area contributed by atoms with Crippen molar-refractivity contribution in [1.29, 1.82) is 0 Å². The first kappa shape index (κ1) is 25.2. The van der Waals surface area contributed by atoms with E-state index in [2.05, 4.69) is 10.1 Å². The fraction of sp³-hybridized carbons (Fsp3) is 0.565. The molecule has 1 aliphatic heterocycles. The summed E-state index contributed by atoms with van der Waals surface area (Å²) in [6, 6.07) is 7.71. The number of hydrogen-bond donors (Lipinski definition) is 1. The zero-order valence-electron chi connectivity index (χ0n) is 19.4. The van der Waals surface area contributed by atoms with Gasteiger partial charge in [-0.1, -0.05) is 30.3 Å². The maximum Gasteiger partial charge on any atom is 0.410 e. The van der Waals surface area contributed by atoms with Crippen molar-refractivity contribution in [3.63, 3.8) is 0 Å². The van der Waals surface area contributed by atoms with Crippen LogP contribution in [0, 0.1) is 0 Å². The van der Waals surface area contributed by atoms with E-state index in [1.54, 1.807) is 27.8 Å². The Balaban J connectivity index is 2.19. The van der Waals surface area contributed by atoms with E-state index in [1.165, 1.54) is 16.9 Å². The Morgan fingerprint density at radius 1 is 1.19 bits per heavy atom. The Bertz CT molecular complexity index is 821. The number of rotatable bonds is 7. The van der Waals surface area contributed by atoms with E-state index in [9.17, 15) is 19.2 Å². The maximum atomic E-state index is 13.4. The second-order valence-corrected chi connectivity index (χ2v) is 8.78. The molecule has 1 N–H and O–H groups in total. The molecule has 0 aliphatic carbocycles. The van der Waals surface area contributed by atoms with E-state index >= 15 is 0 Å². The zero-order chi connectivity index (χ0) is 23.9. The van der Waals surface area contributed by atoms with E-state index in [4.69, 9.17) is 4.74 Å². The molecular formula is C23H33N3O6. The summed E-state index contributed by atoms with van der Waals surface area (Å²) in [7, 11) is 2.77. The van der Waals surface area contributed by atoms with Crippen LogP contribution in [0.5, 0.6) is 0 Å². The first-order valence-electron chi connectivity index (χ1n) is 10.7. The highest BCUT2D eigenvalue weighted by molar-refractivity contribution is 5.92. The van der Waals surface area contributed by atoms with Crippen molar-refractivity contribution in [3.05, 3.63) is 35.9 Å². The average molecular weight is 448 g/mol. The summed E-state index contributed by atoms with van der Waals surface area (Å²) in [4.78, 5) is 53.1. The Kier molecular flexibility index (Phi) is 8.63. The van der Waals surface area contributed by atoms with Crippen LogP contribution in [0.15, 0.2) is 30.3 Å². The van der Waals surface area contributed by atoms with Gasteiger partial charge in [-0.25, -0.2) is 4.79 Å². The highest BCUT2D eigenvalue weighted by atomic mass is 16.6. The van der Waals surface area contributed by atoms with Gasteiger partial charge in [0.05, 0.1) is 7.11 Å². The van der Waals surface area contributed by atoms with Crippen LogP contribution in [0.4, 0.5) is 4.79 Å². The van der Waals surface area contributed by atoms with Crippen molar-refractivity contribution in [2.75, 3.05) is 27.2 Å². The number of carbonyl (C=O) groups excluding carboxylic acids is 4. The molecule has 176 valence electrons. The van der Waals surface area contributed by atoms with Gasteiger partial charge in [0.25, 0.3) is 0 Å². The van der Waals surface area contributed by atoms with E-state index in [0.29, 0.717) is 19.4 Å². The van der Waals surface area contributed by atoms with Crippen LogP contribution < -0.4 is 5.32 Å². The molecule has 0 saturated carbocycles. The topological polar surface area (TPSA) is 105 Å². The van der Waals surface area contributed by atoms with Crippen molar-refractivity contribution in [2.24, 2.45) is 0 Å². The molecule has 3 amide bonds. The standard InChI is InChI=1S/C23H33N3O6/c1-23(2,3)32-22(30)26-13-9-12-17(26)21(29)25(4)18(14-16-10-7-6-8-11-16)20(28)24-15-19(27)31-5/h6-8,10-11,17-18H,9,12-15H2,1-5H3,(H,24,28)/t17-,18-/m0/s1. The molecule has 9 nitrogen and oxygen atoms in total. The molecule has 9 heteroatoms. The van der Waals surface area contributed by atoms with Crippen molar-refractivity contribution >= 4 is 23.9 Å². The first-order chi connectivity index (χ1) is 15.0. The van der Waals surface area contributed by atoms with Gasteiger partial charge in [0.1, 0.15) is 24.2 Å². The van der Waals surface area contributed by atoms with Gasteiger partial charge in [-0.3, -0.25) is 19.3 Å². The number of likely N-dealkylation sites (tertiary alicyclic amines) is 1. The van der Waals surface area contributed by atoms with E-state index < -0.39 is 35.7 Å². The Morgan fingerprint density at radius 2 is 1.84 bits per heavy atom. The Labute approximate surface area is 189 Å². The number of esters is 1. The van der Waals surface area contributed by atoms with Crippen LogP contribution >= 0.6 is 0 Å². The molecule has 2 atom stereocenters. The number of methoxy groups -OCH3 is 1. The average Bonchev–Trinajstić information content (AvgIpc) is 3.24. The number of likely N-dealkylation sites (N-methyl/N-ethyl adjacent to an activating group) is 1. The molecule has 0 spiro atoms. The first-order valence-corrected chi connectivity index (χ1v) is 10.7. The molecule has 32 heavy (non-hydrogen) atoms. The third kappa shape index (κ3) is 6.96. The molecule has 2 rings (SSSR count). The number of carbonyl (C=O) groups is 4. The fourth-order valence-corrected chi connectivity index (χ4v) is 3.54. The van der Waals surface area contributed by atoms with Crippen LogP contribution in [-0.2, 0) is 30.3 Å². The molecule has 1 fully saturated rings. The minimum Gasteiger partial charge on any atom is -0.468 e. The number of ether oxygens (including phenoxy) is 2. The largest absolute Gasteiger partial charge is 0.468 e. The zero-order valence-corrected chi connectivity index (χ0v) is 19.4. The Morgan fingerprint density at radius 3 is 2.44 bits per heavy atom. The van der Waals surface area contributed by atoms with Gasteiger partial charge >= 0.3 is 12.1 Å². The van der Waals surface area contributed by atoms with Crippen LogP contribution in [0.25, 0.3) is 0 Å². The lowest BCUT2D eigenvalue weighted by Gasteiger charge is -2.33. The van der Waals surface area contributed by atoms with E-state index in [1.807, 2.05) is 30.3 Å². The van der Waals surface area contributed by atoms with Crippen molar-refractivity contribution in [1.82, 2.24) is 15.1 Å². The predicted molar refractivity (Wildman–Crippen MR) is 118 cm³/mol. The summed E-state index contributed by atoms with van der Waals surface area (Å²) in [5, 5.41) is 2.53. The van der Waals surface area contributed by atoms with Crippen molar-refractivity contribution in [2.45, 2.75) is 57.7 Å². The summed E-state index contributed by atoms with van der Waals surface area (Å²) >= 11 is 0. The normalized spacial score (nSPS) is 16.8.